The summed E-state index contributed by atoms with van der Waals surface area (Å²) in [5.41, 5.74) is 2.96. The first-order valence-corrected chi connectivity index (χ1v) is 10.3. The number of thioether (sulfide) groups is 1. The first-order chi connectivity index (χ1) is 11.7. The van der Waals surface area contributed by atoms with Gasteiger partial charge >= 0.3 is 0 Å². The Bertz CT molecular complexity index is 541. The van der Waals surface area contributed by atoms with Crippen LogP contribution in [-0.2, 0) is 17.6 Å². The van der Waals surface area contributed by atoms with Crippen LogP contribution in [0.5, 0.6) is 0 Å². The molecule has 4 nitrogen and oxygen atoms in total. The van der Waals surface area contributed by atoms with Crippen molar-refractivity contribution in [1.82, 2.24) is 9.80 Å². The molecule has 2 aliphatic rings. The smallest absolute Gasteiger partial charge is 0.251 e. The molecule has 0 unspecified atom stereocenters. The third kappa shape index (κ3) is 4.13. The zero-order valence-electron chi connectivity index (χ0n) is 14.5. The summed E-state index contributed by atoms with van der Waals surface area (Å²) in [6.07, 6.45) is 4.97. The van der Waals surface area contributed by atoms with Crippen molar-refractivity contribution in [2.24, 2.45) is 0 Å². The molecule has 0 bridgehead atoms. The molecular formula is C19H28N2O2S. The SMILES string of the molecule is CSCC[C@H](O)C(=O)N1CCCN(C2Cc3ccccc3C2)CC1. The lowest BCUT2D eigenvalue weighted by Gasteiger charge is -2.28. The van der Waals surface area contributed by atoms with Crippen LogP contribution in [0.2, 0.25) is 0 Å². The minimum Gasteiger partial charge on any atom is -0.383 e. The molecule has 0 radical (unpaired) electrons. The van der Waals surface area contributed by atoms with E-state index in [0.717, 1.165) is 51.2 Å². The zero-order valence-corrected chi connectivity index (χ0v) is 15.3. The maximum Gasteiger partial charge on any atom is 0.251 e. The Morgan fingerprint density at radius 3 is 2.58 bits per heavy atom. The lowest BCUT2D eigenvalue weighted by atomic mass is 10.1. The van der Waals surface area contributed by atoms with Gasteiger partial charge in [0.15, 0.2) is 0 Å². The summed E-state index contributed by atoms with van der Waals surface area (Å²) in [5.74, 6) is 0.744. The number of amides is 1. The molecule has 1 aliphatic heterocycles. The Kier molecular flexibility index (Phi) is 6.19. The highest BCUT2D eigenvalue weighted by Crippen LogP contribution is 2.26. The van der Waals surface area contributed by atoms with Gasteiger partial charge in [0.25, 0.3) is 5.91 Å². The summed E-state index contributed by atoms with van der Waals surface area (Å²) in [6, 6.07) is 9.30. The highest BCUT2D eigenvalue weighted by Gasteiger charge is 2.30. The van der Waals surface area contributed by atoms with E-state index in [2.05, 4.69) is 29.2 Å². The van der Waals surface area contributed by atoms with Crippen molar-refractivity contribution in [3.63, 3.8) is 0 Å². The number of hydrogen-bond donors (Lipinski definition) is 1. The minimum atomic E-state index is -0.834. The highest BCUT2D eigenvalue weighted by molar-refractivity contribution is 7.98. The van der Waals surface area contributed by atoms with Gasteiger partial charge in [-0.1, -0.05) is 24.3 Å². The molecule has 132 valence electrons. The molecule has 1 aromatic rings. The fourth-order valence-electron chi connectivity index (χ4n) is 3.88. The van der Waals surface area contributed by atoms with Crippen molar-refractivity contribution in [2.75, 3.05) is 38.2 Å². The van der Waals surface area contributed by atoms with Gasteiger partial charge < -0.3 is 10.0 Å². The summed E-state index contributed by atoms with van der Waals surface area (Å²) in [6.45, 7) is 3.47. The number of rotatable bonds is 5. The Morgan fingerprint density at radius 2 is 1.92 bits per heavy atom. The van der Waals surface area contributed by atoms with Gasteiger partial charge in [-0.2, -0.15) is 11.8 Å². The van der Waals surface area contributed by atoms with Gasteiger partial charge in [-0.15, -0.1) is 0 Å². The molecule has 1 aromatic carbocycles. The van der Waals surface area contributed by atoms with Crippen molar-refractivity contribution in [2.45, 2.75) is 37.8 Å². The second-order valence-electron chi connectivity index (χ2n) is 6.84. The van der Waals surface area contributed by atoms with Gasteiger partial charge in [-0.25, -0.2) is 0 Å². The Labute approximate surface area is 149 Å². The van der Waals surface area contributed by atoms with Crippen molar-refractivity contribution in [1.29, 1.82) is 0 Å². The molecule has 5 heteroatoms. The van der Waals surface area contributed by atoms with Crippen LogP contribution < -0.4 is 0 Å². The zero-order chi connectivity index (χ0) is 16.9. The number of aliphatic hydroxyl groups excluding tert-OH is 1. The monoisotopic (exact) mass is 348 g/mol. The van der Waals surface area contributed by atoms with Crippen LogP contribution in [0.15, 0.2) is 24.3 Å². The lowest BCUT2D eigenvalue weighted by molar-refractivity contribution is -0.140. The van der Waals surface area contributed by atoms with Crippen molar-refractivity contribution in [3.8, 4) is 0 Å². The summed E-state index contributed by atoms with van der Waals surface area (Å²) in [7, 11) is 0. The first-order valence-electron chi connectivity index (χ1n) is 8.95. The number of hydrogen-bond acceptors (Lipinski definition) is 4. The van der Waals surface area contributed by atoms with Gasteiger partial charge in [-0.3, -0.25) is 9.69 Å². The summed E-state index contributed by atoms with van der Waals surface area (Å²) >= 11 is 1.67. The third-order valence-electron chi connectivity index (χ3n) is 5.27. The van der Waals surface area contributed by atoms with E-state index in [4.69, 9.17) is 0 Å². The number of aliphatic hydroxyl groups is 1. The van der Waals surface area contributed by atoms with E-state index in [-0.39, 0.29) is 5.91 Å². The topological polar surface area (TPSA) is 43.8 Å². The van der Waals surface area contributed by atoms with Crippen LogP contribution in [0.1, 0.15) is 24.0 Å². The second kappa shape index (κ2) is 8.37. The van der Waals surface area contributed by atoms with Crippen LogP contribution in [-0.4, -0.2) is 71.1 Å². The van der Waals surface area contributed by atoms with Crippen LogP contribution in [0.25, 0.3) is 0 Å². The number of carbonyl (C=O) groups is 1. The van der Waals surface area contributed by atoms with Crippen LogP contribution in [0.3, 0.4) is 0 Å². The van der Waals surface area contributed by atoms with E-state index in [9.17, 15) is 9.90 Å². The molecule has 0 aromatic heterocycles. The molecule has 0 spiro atoms. The number of benzene rings is 1. The fraction of sp³-hybridized carbons (Fsp3) is 0.632. The Hall–Kier alpha value is -1.04. The lowest BCUT2D eigenvalue weighted by Crippen LogP contribution is -2.43. The fourth-order valence-corrected chi connectivity index (χ4v) is 4.34. The normalized spacial score (nSPS) is 20.7. The van der Waals surface area contributed by atoms with E-state index < -0.39 is 6.10 Å². The van der Waals surface area contributed by atoms with Crippen molar-refractivity contribution < 1.29 is 9.90 Å². The molecule has 0 saturated carbocycles. The van der Waals surface area contributed by atoms with Gasteiger partial charge in [0.1, 0.15) is 6.10 Å². The van der Waals surface area contributed by atoms with E-state index in [0.29, 0.717) is 12.5 Å². The number of carbonyl (C=O) groups excluding carboxylic acids is 1. The van der Waals surface area contributed by atoms with Crippen LogP contribution >= 0.6 is 11.8 Å². The van der Waals surface area contributed by atoms with E-state index in [1.165, 1.54) is 11.1 Å². The first kappa shape index (κ1) is 17.8. The standard InChI is InChI=1S/C19H28N2O2S/c1-24-12-7-18(22)19(23)21-9-4-8-20(10-11-21)17-13-15-5-2-3-6-16(15)14-17/h2-3,5-6,17-18,22H,4,7-14H2,1H3/t18-/m0/s1. The average molecular weight is 349 g/mol. The Morgan fingerprint density at radius 1 is 1.21 bits per heavy atom. The van der Waals surface area contributed by atoms with Gasteiger partial charge in [0, 0.05) is 32.2 Å². The summed E-state index contributed by atoms with van der Waals surface area (Å²) < 4.78 is 0. The predicted octanol–water partition coefficient (Wildman–Crippen LogP) is 1.80. The highest BCUT2D eigenvalue weighted by atomic mass is 32.2. The molecular weight excluding hydrogens is 320 g/mol. The van der Waals surface area contributed by atoms with E-state index in [1.807, 2.05) is 11.2 Å². The quantitative estimate of drug-likeness (QED) is 0.881. The predicted molar refractivity (Wildman–Crippen MR) is 99.4 cm³/mol. The average Bonchev–Trinajstić information content (AvgIpc) is 2.88. The van der Waals surface area contributed by atoms with Gasteiger partial charge in [0.05, 0.1) is 0 Å². The molecule has 1 heterocycles. The minimum absolute atomic E-state index is 0.0828. The molecule has 1 amide bonds. The van der Waals surface area contributed by atoms with E-state index in [1.54, 1.807) is 11.8 Å². The molecule has 1 aliphatic carbocycles. The summed E-state index contributed by atoms with van der Waals surface area (Å²) in [5, 5.41) is 10.1. The molecule has 24 heavy (non-hydrogen) atoms. The van der Waals surface area contributed by atoms with Gasteiger partial charge in [-0.05, 0) is 48.8 Å². The molecule has 1 N–H and O–H groups in total. The Balaban J connectivity index is 1.53. The summed E-state index contributed by atoms with van der Waals surface area (Å²) in [4.78, 5) is 16.8. The third-order valence-corrected chi connectivity index (χ3v) is 5.91. The van der Waals surface area contributed by atoms with Crippen molar-refractivity contribution in [3.05, 3.63) is 35.4 Å². The van der Waals surface area contributed by atoms with Crippen LogP contribution in [0.4, 0.5) is 0 Å². The van der Waals surface area contributed by atoms with Crippen LogP contribution in [0, 0.1) is 0 Å². The maximum absolute atomic E-state index is 12.4. The molecule has 3 rings (SSSR count). The molecule has 1 atom stereocenters. The van der Waals surface area contributed by atoms with Crippen molar-refractivity contribution >= 4 is 17.7 Å². The maximum atomic E-state index is 12.4. The second-order valence-corrected chi connectivity index (χ2v) is 7.83. The number of nitrogens with zero attached hydrogens (tertiary/aromatic N) is 2. The van der Waals surface area contributed by atoms with Gasteiger partial charge in [0.2, 0.25) is 0 Å². The van der Waals surface area contributed by atoms with E-state index >= 15 is 0 Å². The molecule has 1 saturated heterocycles. The molecule has 1 fully saturated rings. The number of fused-ring (bicyclic) bond motifs is 1. The largest absolute Gasteiger partial charge is 0.383 e.